The topological polar surface area (TPSA) is 125 Å². The number of aromatic nitrogens is 4. The number of nitrogens with zero attached hydrogens (tertiary/aromatic N) is 4. The molecule has 2 aliphatic heterocycles. The Kier molecular flexibility index (Phi) is 10.1. The summed E-state index contributed by atoms with van der Waals surface area (Å²) in [7, 11) is -4.71. The summed E-state index contributed by atoms with van der Waals surface area (Å²) in [5.74, 6) is 0.292. The average molecular weight is 728 g/mol. The molecule has 2 unspecified atom stereocenters. The molecule has 4 heterocycles. The van der Waals surface area contributed by atoms with E-state index in [4.69, 9.17) is 56.3 Å². The Morgan fingerprint density at radius 3 is 2.30 bits per heavy atom. The molecule has 2 aromatic heterocycles. The van der Waals surface area contributed by atoms with E-state index in [1.54, 1.807) is 6.33 Å². The zero-order valence-corrected chi connectivity index (χ0v) is 32.8. The van der Waals surface area contributed by atoms with Crippen molar-refractivity contribution in [2.45, 2.75) is 108 Å². The van der Waals surface area contributed by atoms with Gasteiger partial charge < -0.3 is 28.4 Å². The number of rotatable bonds is 9. The molecule has 0 radical (unpaired) electrons. The summed E-state index contributed by atoms with van der Waals surface area (Å²) in [4.78, 5) is 13.2. The van der Waals surface area contributed by atoms with Crippen LogP contribution in [0, 0.1) is 0 Å². The molecule has 0 aliphatic carbocycles. The summed E-state index contributed by atoms with van der Waals surface area (Å²) in [6.45, 7) is 19.4. The van der Waals surface area contributed by atoms with Crippen LogP contribution in [0.2, 0.25) is 41.3 Å². The first-order valence-corrected chi connectivity index (χ1v) is 24.2. The lowest BCUT2D eigenvalue weighted by Gasteiger charge is -2.44. The van der Waals surface area contributed by atoms with E-state index in [0.29, 0.717) is 22.0 Å². The number of nitrogen functional groups attached to an aromatic ring is 1. The van der Waals surface area contributed by atoms with Gasteiger partial charge in [0.1, 0.15) is 36.3 Å². The summed E-state index contributed by atoms with van der Waals surface area (Å²) in [6.07, 6.45) is 0.512. The molecule has 0 saturated carbocycles. The molecule has 6 atom stereocenters. The molecule has 5 rings (SSSR count). The molecular weight excluding hydrogens is 681 g/mol. The van der Waals surface area contributed by atoms with E-state index in [1.807, 2.05) is 28.8 Å². The van der Waals surface area contributed by atoms with Gasteiger partial charge in [-0.2, -0.15) is 0 Å². The van der Waals surface area contributed by atoms with Crippen LogP contribution in [0.1, 0.15) is 59.4 Å². The van der Waals surface area contributed by atoms with E-state index in [0.717, 1.165) is 5.56 Å². The molecule has 2 aliphatic rings. The zero-order valence-electron chi connectivity index (χ0n) is 28.3. The first-order valence-electron chi connectivity index (χ1n) is 15.5. The maximum absolute atomic E-state index is 7.20. The molecule has 2 saturated heterocycles. The Balaban J connectivity index is 1.50. The van der Waals surface area contributed by atoms with Crippen LogP contribution < -0.4 is 5.73 Å². The number of nitrogens with two attached hydrogens (primary N) is 1. The second-order valence-corrected chi connectivity index (χ2v) is 27.9. The summed E-state index contributed by atoms with van der Waals surface area (Å²) in [5, 5.41) is 0.467. The summed E-state index contributed by atoms with van der Waals surface area (Å²) in [5.41, 5.74) is 8.09. The van der Waals surface area contributed by atoms with Gasteiger partial charge in [-0.1, -0.05) is 65.3 Å². The third-order valence-electron chi connectivity index (χ3n) is 9.68. The number of imidazole rings is 1. The normalized spacial score (nSPS) is 27.9. The molecule has 2 N–H and O–H groups in total. The predicted octanol–water partition coefficient (Wildman–Crippen LogP) is 7.77. The van der Waals surface area contributed by atoms with Crippen LogP contribution in [-0.4, -0.2) is 67.7 Å². The van der Waals surface area contributed by atoms with Crippen LogP contribution in [0.4, 0.5) is 5.82 Å². The van der Waals surface area contributed by atoms with Crippen molar-refractivity contribution in [3.05, 3.63) is 47.5 Å². The van der Waals surface area contributed by atoms with Crippen molar-refractivity contribution in [3.63, 3.8) is 0 Å². The molecule has 254 valence electrons. The maximum Gasteiger partial charge on any atom is 0.328 e. The molecule has 11 nitrogen and oxygen atoms in total. The first-order chi connectivity index (χ1) is 21.2. The van der Waals surface area contributed by atoms with Crippen molar-refractivity contribution in [1.82, 2.24) is 19.5 Å². The Bertz CT molecular complexity index is 1620. The van der Waals surface area contributed by atoms with Crippen LogP contribution >= 0.6 is 18.3 Å². The largest absolute Gasteiger partial charge is 0.408 e. The van der Waals surface area contributed by atoms with E-state index in [9.17, 15) is 0 Å². The Morgan fingerprint density at radius 2 is 1.67 bits per heavy atom. The van der Waals surface area contributed by atoms with E-state index in [1.165, 1.54) is 6.33 Å². The van der Waals surface area contributed by atoms with Crippen LogP contribution in [0.15, 0.2) is 36.9 Å². The Hall–Kier alpha value is -1.30. The molecule has 46 heavy (non-hydrogen) atoms. The van der Waals surface area contributed by atoms with E-state index in [-0.39, 0.29) is 29.4 Å². The standard InChI is InChI=1S/C30H47ClN5O6PSSi2/c1-29(2,3)45(7,8)41-24-22(16-38-43(44)37-15-21(40-43)19-12-11-13-20(31)14-19)39-28(25(24)42-46(9,10)30(4,5)6)36-18-35-23-26(32)33-17-34-27(23)36/h11-14,17-18,21-22,24-25,28H,15-16H2,1-10H3,(H2,32,33,34)/t21?,22-,24-,25-,28-,43?/m1/s1. The van der Waals surface area contributed by atoms with Gasteiger partial charge in [0.2, 0.25) is 0 Å². The summed E-state index contributed by atoms with van der Waals surface area (Å²) >= 11 is 12.1. The van der Waals surface area contributed by atoms with E-state index >= 15 is 0 Å². The Morgan fingerprint density at radius 1 is 1.02 bits per heavy atom. The fraction of sp³-hybridized carbons (Fsp3) is 0.633. The van der Waals surface area contributed by atoms with Crippen LogP contribution in [0.5, 0.6) is 0 Å². The minimum Gasteiger partial charge on any atom is -0.408 e. The smallest absolute Gasteiger partial charge is 0.328 e. The molecule has 3 aromatic rings. The van der Waals surface area contributed by atoms with Crippen LogP contribution in [0.3, 0.4) is 0 Å². The minimum atomic E-state index is -3.10. The molecular formula is C30H47ClN5O6PSSi2. The number of fused-ring (bicyclic) bond motifs is 1. The van der Waals surface area contributed by atoms with Gasteiger partial charge >= 0.3 is 6.72 Å². The van der Waals surface area contributed by atoms with Gasteiger partial charge in [0, 0.05) is 5.02 Å². The fourth-order valence-corrected chi connectivity index (χ4v) is 9.71. The van der Waals surface area contributed by atoms with Crippen molar-refractivity contribution in [2.24, 2.45) is 0 Å². The lowest BCUT2D eigenvalue weighted by atomic mass is 10.1. The van der Waals surface area contributed by atoms with Crippen molar-refractivity contribution in [2.75, 3.05) is 18.9 Å². The van der Waals surface area contributed by atoms with Crippen LogP contribution in [-0.2, 0) is 39.0 Å². The third kappa shape index (κ3) is 7.32. The number of benzene rings is 1. The quantitative estimate of drug-likeness (QED) is 0.172. The van der Waals surface area contributed by atoms with Crippen molar-refractivity contribution in [1.29, 1.82) is 0 Å². The van der Waals surface area contributed by atoms with E-state index in [2.05, 4.69) is 82.7 Å². The van der Waals surface area contributed by atoms with Gasteiger partial charge in [-0.3, -0.25) is 9.09 Å². The van der Waals surface area contributed by atoms with Gasteiger partial charge in [-0.05, 0) is 65.8 Å². The second kappa shape index (κ2) is 12.9. The van der Waals surface area contributed by atoms with Crippen molar-refractivity contribution >= 4 is 63.7 Å². The second-order valence-electron chi connectivity index (χ2n) is 15.0. The predicted molar refractivity (Wildman–Crippen MR) is 189 cm³/mol. The SMILES string of the molecule is CC(C)(C)[Si](C)(C)O[C@@H]1[C@H](O[Si](C)(C)C(C)(C)C)[C@@H](COP2(=S)OCC(c3cccc(Cl)c3)O2)O[C@H]1n1cnc2c(N)ncnc21. The van der Waals surface area contributed by atoms with Crippen molar-refractivity contribution < 1.29 is 27.2 Å². The molecule has 0 spiro atoms. The highest BCUT2D eigenvalue weighted by Crippen LogP contribution is 2.59. The van der Waals surface area contributed by atoms with Gasteiger partial charge in [-0.15, -0.1) is 0 Å². The summed E-state index contributed by atoms with van der Waals surface area (Å²) < 4.78 is 41.7. The van der Waals surface area contributed by atoms with Gasteiger partial charge in [0.05, 0.1) is 19.5 Å². The summed E-state index contributed by atoms with van der Waals surface area (Å²) in [6, 6.07) is 7.48. The Labute approximate surface area is 284 Å². The van der Waals surface area contributed by atoms with E-state index < -0.39 is 47.9 Å². The highest BCUT2D eigenvalue weighted by atomic mass is 35.5. The third-order valence-corrected chi connectivity index (χ3v) is 21.2. The molecule has 16 heteroatoms. The number of hydrogen-bond acceptors (Lipinski definition) is 11. The maximum atomic E-state index is 7.20. The lowest BCUT2D eigenvalue weighted by molar-refractivity contribution is -0.0468. The number of ether oxygens (including phenoxy) is 1. The molecule has 1 aromatic carbocycles. The van der Waals surface area contributed by atoms with Crippen LogP contribution in [0.25, 0.3) is 11.2 Å². The number of hydrogen-bond donors (Lipinski definition) is 1. The number of anilines is 1. The first kappa shape index (κ1) is 36.0. The number of halogens is 1. The lowest BCUT2D eigenvalue weighted by Crippen LogP contribution is -2.54. The van der Waals surface area contributed by atoms with Gasteiger partial charge in [-0.25, -0.2) is 15.0 Å². The fourth-order valence-electron chi connectivity index (χ4n) is 4.90. The monoisotopic (exact) mass is 727 g/mol. The van der Waals surface area contributed by atoms with Crippen molar-refractivity contribution in [3.8, 4) is 0 Å². The van der Waals surface area contributed by atoms with Gasteiger partial charge in [0.25, 0.3) is 0 Å². The minimum absolute atomic E-state index is 0.0739. The zero-order chi connectivity index (χ0) is 33.9. The molecule has 2 fully saturated rings. The highest BCUT2D eigenvalue weighted by Gasteiger charge is 2.55. The molecule has 0 bridgehead atoms. The van der Waals surface area contributed by atoms with Gasteiger partial charge in [0.15, 0.2) is 34.3 Å². The average Bonchev–Trinajstić information content (AvgIpc) is 3.63. The molecule has 0 amide bonds. The highest BCUT2D eigenvalue weighted by molar-refractivity contribution is 8.07.